The molecule has 0 fully saturated rings. The Balaban J connectivity index is 1.97. The number of carbonyl (C=O) groups is 1. The van der Waals surface area contributed by atoms with Crippen molar-refractivity contribution < 1.29 is 4.79 Å². The number of pyridine rings is 1. The summed E-state index contributed by atoms with van der Waals surface area (Å²) in [6.07, 6.45) is 1.37. The molecule has 0 saturated carbocycles. The van der Waals surface area contributed by atoms with Crippen LogP contribution in [0, 0.1) is 22.7 Å². The molecule has 0 aliphatic heterocycles. The first-order valence-corrected chi connectivity index (χ1v) is 5.65. The number of nitrogens with zero attached hydrogens (tertiary/aromatic N) is 3. The Bertz CT molecular complexity index is 631. The molecule has 1 heterocycles. The van der Waals surface area contributed by atoms with Gasteiger partial charge in [-0.1, -0.05) is 0 Å². The van der Waals surface area contributed by atoms with E-state index in [0.29, 0.717) is 22.6 Å². The van der Waals surface area contributed by atoms with Gasteiger partial charge in [0.15, 0.2) is 0 Å². The zero-order chi connectivity index (χ0) is 14.4. The summed E-state index contributed by atoms with van der Waals surface area (Å²) in [6.45, 7) is 0. The second-order valence-corrected chi connectivity index (χ2v) is 3.81. The molecule has 0 radical (unpaired) electrons. The molecule has 6 nitrogen and oxygen atoms in total. The molecule has 0 atom stereocenters. The second-order valence-electron chi connectivity index (χ2n) is 3.81. The van der Waals surface area contributed by atoms with Gasteiger partial charge in [0.25, 0.3) is 0 Å². The first kappa shape index (κ1) is 13.1. The van der Waals surface area contributed by atoms with Gasteiger partial charge in [0.05, 0.1) is 17.2 Å². The van der Waals surface area contributed by atoms with Crippen LogP contribution in [-0.4, -0.2) is 11.0 Å². The largest absolute Gasteiger partial charge is 0.324 e. The Labute approximate surface area is 115 Å². The van der Waals surface area contributed by atoms with Crippen LogP contribution in [0.3, 0.4) is 0 Å². The quantitative estimate of drug-likeness (QED) is 0.868. The van der Waals surface area contributed by atoms with Gasteiger partial charge < -0.3 is 5.32 Å². The number of aromatic nitrogens is 1. The summed E-state index contributed by atoms with van der Waals surface area (Å²) >= 11 is 0. The molecule has 0 aliphatic rings. The van der Waals surface area contributed by atoms with E-state index in [1.807, 2.05) is 12.1 Å². The summed E-state index contributed by atoms with van der Waals surface area (Å²) in [4.78, 5) is 15.6. The third-order valence-corrected chi connectivity index (χ3v) is 2.41. The molecule has 1 aromatic carbocycles. The Morgan fingerprint density at radius 1 is 0.950 bits per heavy atom. The minimum Gasteiger partial charge on any atom is -0.308 e. The number of nitrogens with one attached hydrogen (secondary N) is 2. The zero-order valence-electron chi connectivity index (χ0n) is 10.3. The molecule has 0 aliphatic carbocycles. The van der Waals surface area contributed by atoms with Crippen molar-refractivity contribution in [2.45, 2.75) is 0 Å². The lowest BCUT2D eigenvalue weighted by Crippen LogP contribution is -2.20. The van der Waals surface area contributed by atoms with Gasteiger partial charge in [-0.15, -0.1) is 0 Å². The SMILES string of the molecule is N#Cc1ccc(NC(=O)Nc2ccc(C#N)cn2)cc1. The van der Waals surface area contributed by atoms with Gasteiger partial charge in [0, 0.05) is 11.9 Å². The van der Waals surface area contributed by atoms with Crippen LogP contribution in [0.4, 0.5) is 16.3 Å². The number of hydrogen-bond acceptors (Lipinski definition) is 4. The average molecular weight is 263 g/mol. The van der Waals surface area contributed by atoms with Gasteiger partial charge in [-0.05, 0) is 36.4 Å². The van der Waals surface area contributed by atoms with Crippen molar-refractivity contribution >= 4 is 17.5 Å². The van der Waals surface area contributed by atoms with Gasteiger partial charge in [-0.3, -0.25) is 5.32 Å². The van der Waals surface area contributed by atoms with Crippen molar-refractivity contribution in [3.8, 4) is 12.1 Å². The number of nitriles is 2. The van der Waals surface area contributed by atoms with Crippen molar-refractivity contribution in [2.24, 2.45) is 0 Å². The molecule has 2 N–H and O–H groups in total. The van der Waals surface area contributed by atoms with Crippen molar-refractivity contribution in [3.05, 3.63) is 53.7 Å². The summed E-state index contributed by atoms with van der Waals surface area (Å²) in [6, 6.07) is 13.1. The molecule has 1 aromatic heterocycles. The maximum absolute atomic E-state index is 11.7. The summed E-state index contributed by atoms with van der Waals surface area (Å²) in [5, 5.41) is 22.4. The number of anilines is 2. The topological polar surface area (TPSA) is 102 Å². The van der Waals surface area contributed by atoms with E-state index in [4.69, 9.17) is 10.5 Å². The van der Waals surface area contributed by atoms with E-state index in [-0.39, 0.29) is 0 Å². The summed E-state index contributed by atoms with van der Waals surface area (Å²) in [7, 11) is 0. The van der Waals surface area contributed by atoms with Crippen molar-refractivity contribution in [2.75, 3.05) is 10.6 Å². The highest BCUT2D eigenvalue weighted by atomic mass is 16.2. The van der Waals surface area contributed by atoms with E-state index in [1.165, 1.54) is 12.3 Å². The van der Waals surface area contributed by atoms with Crippen molar-refractivity contribution in [1.29, 1.82) is 10.5 Å². The standard InChI is InChI=1S/C14H9N5O/c15-7-10-1-4-12(5-2-10)18-14(20)19-13-6-3-11(8-16)9-17-13/h1-6,9H,(H2,17,18,19,20). The van der Waals surface area contributed by atoms with Crippen LogP contribution in [0.15, 0.2) is 42.6 Å². The monoisotopic (exact) mass is 263 g/mol. The van der Waals surface area contributed by atoms with E-state index in [1.54, 1.807) is 30.3 Å². The Kier molecular flexibility index (Phi) is 3.91. The first-order chi connectivity index (χ1) is 9.71. The average Bonchev–Trinajstić information content (AvgIpc) is 2.49. The molecule has 0 saturated heterocycles. The number of rotatable bonds is 2. The lowest BCUT2D eigenvalue weighted by Gasteiger charge is -2.06. The summed E-state index contributed by atoms with van der Waals surface area (Å²) < 4.78 is 0. The number of benzene rings is 1. The van der Waals surface area contributed by atoms with Gasteiger partial charge in [-0.25, -0.2) is 9.78 Å². The molecule has 2 aromatic rings. The van der Waals surface area contributed by atoms with Gasteiger partial charge in [0.2, 0.25) is 0 Å². The molecule has 96 valence electrons. The highest BCUT2D eigenvalue weighted by molar-refractivity contribution is 5.99. The number of amides is 2. The first-order valence-electron chi connectivity index (χ1n) is 5.65. The second kappa shape index (κ2) is 5.98. The Morgan fingerprint density at radius 3 is 2.15 bits per heavy atom. The summed E-state index contributed by atoms with van der Waals surface area (Å²) in [5.74, 6) is 0.343. The Morgan fingerprint density at radius 2 is 1.60 bits per heavy atom. The third-order valence-electron chi connectivity index (χ3n) is 2.41. The fraction of sp³-hybridized carbons (Fsp3) is 0. The van der Waals surface area contributed by atoms with Gasteiger partial charge >= 0.3 is 6.03 Å². The molecule has 6 heteroatoms. The lowest BCUT2D eigenvalue weighted by molar-refractivity contribution is 0.262. The van der Waals surface area contributed by atoms with Crippen LogP contribution >= 0.6 is 0 Å². The van der Waals surface area contributed by atoms with E-state index < -0.39 is 6.03 Å². The van der Waals surface area contributed by atoms with Crippen molar-refractivity contribution in [3.63, 3.8) is 0 Å². The van der Waals surface area contributed by atoms with Crippen LogP contribution in [0.25, 0.3) is 0 Å². The number of urea groups is 1. The fourth-order valence-corrected chi connectivity index (χ4v) is 1.44. The third kappa shape index (κ3) is 3.31. The zero-order valence-corrected chi connectivity index (χ0v) is 10.3. The smallest absolute Gasteiger partial charge is 0.308 e. The van der Waals surface area contributed by atoms with E-state index in [9.17, 15) is 4.79 Å². The maximum Gasteiger partial charge on any atom is 0.324 e. The lowest BCUT2D eigenvalue weighted by atomic mass is 10.2. The highest BCUT2D eigenvalue weighted by Gasteiger charge is 2.03. The number of carbonyl (C=O) groups excluding carboxylic acids is 1. The van der Waals surface area contributed by atoms with Gasteiger partial charge in [0.1, 0.15) is 11.9 Å². The number of hydrogen-bond donors (Lipinski definition) is 2. The molecular weight excluding hydrogens is 254 g/mol. The molecule has 0 unspecified atom stereocenters. The Hall–Kier alpha value is -3.38. The fourth-order valence-electron chi connectivity index (χ4n) is 1.44. The van der Waals surface area contributed by atoms with E-state index in [2.05, 4.69) is 15.6 Å². The van der Waals surface area contributed by atoms with Crippen LogP contribution < -0.4 is 10.6 Å². The molecule has 20 heavy (non-hydrogen) atoms. The minimum atomic E-state index is -0.452. The van der Waals surface area contributed by atoms with Crippen molar-refractivity contribution in [1.82, 2.24) is 4.98 Å². The molecule has 0 bridgehead atoms. The maximum atomic E-state index is 11.7. The molecule has 2 rings (SSSR count). The van der Waals surface area contributed by atoms with Crippen LogP contribution in [-0.2, 0) is 0 Å². The van der Waals surface area contributed by atoms with Crippen LogP contribution in [0.5, 0.6) is 0 Å². The molecule has 2 amide bonds. The summed E-state index contributed by atoms with van der Waals surface area (Å²) in [5.41, 5.74) is 1.50. The molecular formula is C14H9N5O. The van der Waals surface area contributed by atoms with E-state index in [0.717, 1.165) is 0 Å². The van der Waals surface area contributed by atoms with Crippen LogP contribution in [0.2, 0.25) is 0 Å². The normalized spacial score (nSPS) is 9.10. The predicted molar refractivity (Wildman–Crippen MR) is 72.8 cm³/mol. The minimum absolute atomic E-state index is 0.343. The van der Waals surface area contributed by atoms with Gasteiger partial charge in [-0.2, -0.15) is 10.5 Å². The molecule has 0 spiro atoms. The highest BCUT2D eigenvalue weighted by Crippen LogP contribution is 2.10. The van der Waals surface area contributed by atoms with E-state index >= 15 is 0 Å². The van der Waals surface area contributed by atoms with Crippen LogP contribution in [0.1, 0.15) is 11.1 Å². The predicted octanol–water partition coefficient (Wildman–Crippen LogP) is 2.47.